The zero-order valence-corrected chi connectivity index (χ0v) is 16.5. The number of fused-ring (bicyclic) bond motifs is 1. The zero-order chi connectivity index (χ0) is 20.2. The number of phenols is 1. The van der Waals surface area contributed by atoms with Crippen molar-refractivity contribution in [2.75, 3.05) is 27.2 Å². The highest BCUT2D eigenvalue weighted by Gasteiger charge is 2.09. The molecule has 0 bridgehead atoms. The van der Waals surface area contributed by atoms with Crippen molar-refractivity contribution >= 4 is 5.65 Å². The zero-order valence-electron chi connectivity index (χ0n) is 16.5. The summed E-state index contributed by atoms with van der Waals surface area (Å²) in [5.74, 6) is 0.848. The maximum absolute atomic E-state index is 9.52. The maximum atomic E-state index is 9.52. The number of benzene rings is 1. The van der Waals surface area contributed by atoms with E-state index in [0.717, 1.165) is 41.1 Å². The van der Waals surface area contributed by atoms with Gasteiger partial charge in [-0.25, -0.2) is 9.97 Å². The van der Waals surface area contributed by atoms with Gasteiger partial charge in [0, 0.05) is 36.1 Å². The Hall–Kier alpha value is -3.45. The third-order valence-corrected chi connectivity index (χ3v) is 4.59. The first kappa shape index (κ1) is 18.9. The van der Waals surface area contributed by atoms with Crippen molar-refractivity contribution in [3.63, 3.8) is 0 Å². The van der Waals surface area contributed by atoms with Gasteiger partial charge in [0.15, 0.2) is 5.65 Å². The molecule has 7 nitrogen and oxygen atoms in total. The summed E-state index contributed by atoms with van der Waals surface area (Å²) in [4.78, 5) is 15.5. The average molecular weight is 389 g/mol. The van der Waals surface area contributed by atoms with Crippen LogP contribution in [0, 0.1) is 0 Å². The number of imidazole rings is 1. The van der Waals surface area contributed by atoms with Crippen molar-refractivity contribution in [1.29, 1.82) is 0 Å². The molecule has 0 aliphatic carbocycles. The van der Waals surface area contributed by atoms with Gasteiger partial charge in [0.25, 0.3) is 0 Å². The summed E-state index contributed by atoms with van der Waals surface area (Å²) in [7, 11) is 4.09. The van der Waals surface area contributed by atoms with Crippen LogP contribution in [0.15, 0.2) is 61.2 Å². The van der Waals surface area contributed by atoms with E-state index in [2.05, 4.69) is 19.9 Å². The molecule has 0 amide bonds. The van der Waals surface area contributed by atoms with Crippen LogP contribution in [0.3, 0.4) is 0 Å². The van der Waals surface area contributed by atoms with Gasteiger partial charge >= 0.3 is 0 Å². The molecule has 0 saturated heterocycles. The summed E-state index contributed by atoms with van der Waals surface area (Å²) in [5, 5.41) is 9.52. The second-order valence-corrected chi connectivity index (χ2v) is 7.08. The Kier molecular flexibility index (Phi) is 5.39. The highest BCUT2D eigenvalue weighted by molar-refractivity contribution is 5.66. The molecule has 7 heteroatoms. The third kappa shape index (κ3) is 4.35. The van der Waals surface area contributed by atoms with Crippen molar-refractivity contribution in [3.8, 4) is 34.1 Å². The standard InChI is InChI=1S/C22H23N5O2/c1-26(2)10-3-11-29-22-9-6-17(12-25-22)19-15-27-20(13-24-21(27)14-23-19)16-4-7-18(28)8-5-16/h4-9,12-15,28H,3,10-11H2,1-2H3. The van der Waals surface area contributed by atoms with Crippen molar-refractivity contribution in [2.45, 2.75) is 6.42 Å². The minimum atomic E-state index is 0.236. The molecule has 4 aromatic rings. The second kappa shape index (κ2) is 8.28. The van der Waals surface area contributed by atoms with Gasteiger partial charge in [0.05, 0.1) is 30.4 Å². The number of ether oxygens (including phenoxy) is 1. The Morgan fingerprint density at radius 3 is 2.45 bits per heavy atom. The number of pyridine rings is 1. The predicted molar refractivity (Wildman–Crippen MR) is 112 cm³/mol. The normalized spacial score (nSPS) is 11.3. The fraction of sp³-hybridized carbons (Fsp3) is 0.227. The molecule has 0 radical (unpaired) electrons. The van der Waals surface area contributed by atoms with E-state index in [1.165, 1.54) is 0 Å². The lowest BCUT2D eigenvalue weighted by Crippen LogP contribution is -2.15. The Morgan fingerprint density at radius 1 is 0.931 bits per heavy atom. The second-order valence-electron chi connectivity index (χ2n) is 7.08. The number of phenolic OH excluding ortho intramolecular Hbond substituents is 1. The van der Waals surface area contributed by atoms with Gasteiger partial charge < -0.3 is 14.7 Å². The number of nitrogens with zero attached hydrogens (tertiary/aromatic N) is 5. The van der Waals surface area contributed by atoms with E-state index < -0.39 is 0 Å². The number of hydrogen-bond donors (Lipinski definition) is 1. The van der Waals surface area contributed by atoms with E-state index in [1.807, 2.05) is 49.0 Å². The van der Waals surface area contributed by atoms with Gasteiger partial charge in [0.2, 0.25) is 5.88 Å². The molecule has 0 aliphatic heterocycles. The lowest BCUT2D eigenvalue weighted by molar-refractivity contribution is 0.273. The summed E-state index contributed by atoms with van der Waals surface area (Å²) in [6.07, 6.45) is 8.21. The first-order valence-electron chi connectivity index (χ1n) is 9.46. The van der Waals surface area contributed by atoms with Crippen LogP contribution < -0.4 is 4.74 Å². The molecule has 148 valence electrons. The maximum Gasteiger partial charge on any atom is 0.213 e. The highest BCUT2D eigenvalue weighted by Crippen LogP contribution is 2.25. The molecular weight excluding hydrogens is 366 g/mol. The molecule has 4 rings (SSSR count). The number of hydrogen-bond acceptors (Lipinski definition) is 6. The van der Waals surface area contributed by atoms with Crippen molar-refractivity contribution < 1.29 is 9.84 Å². The van der Waals surface area contributed by atoms with Gasteiger partial charge in [-0.15, -0.1) is 0 Å². The molecule has 29 heavy (non-hydrogen) atoms. The van der Waals surface area contributed by atoms with Gasteiger partial charge in [-0.2, -0.15) is 0 Å². The number of aromatic hydroxyl groups is 1. The van der Waals surface area contributed by atoms with Gasteiger partial charge in [-0.1, -0.05) is 0 Å². The Bertz CT molecular complexity index is 1090. The van der Waals surface area contributed by atoms with E-state index >= 15 is 0 Å². The Morgan fingerprint density at radius 2 is 1.72 bits per heavy atom. The lowest BCUT2D eigenvalue weighted by Gasteiger charge is -2.10. The number of aromatic nitrogens is 4. The predicted octanol–water partition coefficient (Wildman–Crippen LogP) is 3.49. The molecule has 0 saturated carbocycles. The van der Waals surface area contributed by atoms with E-state index in [-0.39, 0.29) is 5.75 Å². The van der Waals surface area contributed by atoms with Crippen LogP contribution in [0.25, 0.3) is 28.2 Å². The Labute approximate surface area is 169 Å². The molecule has 0 atom stereocenters. The first-order valence-corrected chi connectivity index (χ1v) is 9.46. The van der Waals surface area contributed by atoms with E-state index in [4.69, 9.17) is 4.74 Å². The fourth-order valence-corrected chi connectivity index (χ4v) is 3.06. The minimum absolute atomic E-state index is 0.236. The summed E-state index contributed by atoms with van der Waals surface area (Å²) >= 11 is 0. The monoisotopic (exact) mass is 389 g/mol. The molecule has 3 heterocycles. The summed E-state index contributed by atoms with van der Waals surface area (Å²) in [6.45, 7) is 1.62. The summed E-state index contributed by atoms with van der Waals surface area (Å²) in [5.41, 5.74) is 4.34. The SMILES string of the molecule is CN(C)CCCOc1ccc(-c2cn3c(-c4ccc(O)cc4)cnc3cn2)cn1. The minimum Gasteiger partial charge on any atom is -0.508 e. The van der Waals surface area contributed by atoms with Crippen LogP contribution >= 0.6 is 0 Å². The molecule has 1 aromatic carbocycles. The van der Waals surface area contributed by atoms with Gasteiger partial charge in [0.1, 0.15) is 5.75 Å². The molecule has 0 aliphatic rings. The third-order valence-electron chi connectivity index (χ3n) is 4.59. The highest BCUT2D eigenvalue weighted by atomic mass is 16.5. The molecule has 0 fully saturated rings. The van der Waals surface area contributed by atoms with Crippen LogP contribution in [0.2, 0.25) is 0 Å². The molecule has 3 aromatic heterocycles. The van der Waals surface area contributed by atoms with Gasteiger partial charge in [-0.05, 0) is 50.8 Å². The number of rotatable bonds is 7. The van der Waals surface area contributed by atoms with Crippen LogP contribution in [0.4, 0.5) is 0 Å². The van der Waals surface area contributed by atoms with E-state index in [9.17, 15) is 5.11 Å². The van der Waals surface area contributed by atoms with Crippen LogP contribution in [-0.4, -0.2) is 56.6 Å². The molecule has 0 spiro atoms. The lowest BCUT2D eigenvalue weighted by atomic mass is 10.1. The smallest absolute Gasteiger partial charge is 0.213 e. The van der Waals surface area contributed by atoms with E-state index in [0.29, 0.717) is 12.5 Å². The molecule has 0 unspecified atom stereocenters. The van der Waals surface area contributed by atoms with Crippen molar-refractivity contribution in [1.82, 2.24) is 24.3 Å². The van der Waals surface area contributed by atoms with Crippen LogP contribution in [0.5, 0.6) is 11.6 Å². The fourth-order valence-electron chi connectivity index (χ4n) is 3.06. The summed E-state index contributed by atoms with van der Waals surface area (Å²) < 4.78 is 7.68. The van der Waals surface area contributed by atoms with Crippen molar-refractivity contribution in [2.24, 2.45) is 0 Å². The van der Waals surface area contributed by atoms with Crippen LogP contribution in [-0.2, 0) is 0 Å². The molecule has 1 N–H and O–H groups in total. The van der Waals surface area contributed by atoms with Crippen molar-refractivity contribution in [3.05, 3.63) is 61.2 Å². The Balaban J connectivity index is 1.55. The van der Waals surface area contributed by atoms with E-state index in [1.54, 1.807) is 30.7 Å². The molecular formula is C22H23N5O2. The first-order chi connectivity index (χ1) is 14.1. The quantitative estimate of drug-likeness (QED) is 0.488. The van der Waals surface area contributed by atoms with Crippen LogP contribution in [0.1, 0.15) is 6.42 Å². The largest absolute Gasteiger partial charge is 0.508 e. The van der Waals surface area contributed by atoms with Gasteiger partial charge in [-0.3, -0.25) is 9.38 Å². The average Bonchev–Trinajstić information content (AvgIpc) is 3.15. The topological polar surface area (TPSA) is 75.8 Å². The summed E-state index contributed by atoms with van der Waals surface area (Å²) in [6, 6.07) is 10.9.